The Kier molecular flexibility index (Phi) is 3.58. The monoisotopic (exact) mass is 111 g/mol. The lowest BCUT2D eigenvalue weighted by molar-refractivity contribution is -0.416. The third kappa shape index (κ3) is 3.15. The molecule has 2 heteroatoms. The van der Waals surface area contributed by atoms with Gasteiger partial charge in [-0.05, 0) is 6.08 Å². The van der Waals surface area contributed by atoms with E-state index < -0.39 is 0 Å². The van der Waals surface area contributed by atoms with Crippen LogP contribution < -0.4 is 5.73 Å². The number of hydrogen-bond acceptors (Lipinski definition) is 1. The van der Waals surface area contributed by atoms with Gasteiger partial charge in [-0.15, -0.1) is 0 Å². The van der Waals surface area contributed by atoms with Crippen molar-refractivity contribution in [3.8, 4) is 0 Å². The maximum absolute atomic E-state index is 5.08. The molecule has 2 N–H and O–H groups in total. The molecular weight excluding hydrogens is 100 g/mol. The van der Waals surface area contributed by atoms with Gasteiger partial charge in [0, 0.05) is 0 Å². The van der Waals surface area contributed by atoms with Gasteiger partial charge < -0.3 is 5.73 Å². The average Bonchev–Trinajstić information content (AvgIpc) is 1.68. The average molecular weight is 111 g/mol. The van der Waals surface area contributed by atoms with Gasteiger partial charge in [0.25, 0.3) is 0 Å². The van der Waals surface area contributed by atoms with Gasteiger partial charge in [-0.3, -0.25) is 0 Å². The van der Waals surface area contributed by atoms with E-state index in [1.54, 1.807) is 12.3 Å². The first-order valence-electron chi connectivity index (χ1n) is 2.37. The number of nitrogens with zero attached hydrogens (tertiary/aromatic N) is 1. The van der Waals surface area contributed by atoms with Crippen LogP contribution in [-0.4, -0.2) is 17.8 Å². The molecule has 2 nitrogen and oxygen atoms in total. The zero-order chi connectivity index (χ0) is 6.41. The Bertz CT molecular complexity index is 122. The molecule has 0 bridgehead atoms. The normalized spacial score (nSPS) is 12.4. The molecule has 0 rings (SSSR count). The number of nitrogens with two attached hydrogens (primary N) is 1. The summed E-state index contributed by atoms with van der Waals surface area (Å²) in [4.78, 5) is 0. The van der Waals surface area contributed by atoms with E-state index in [0.717, 1.165) is 0 Å². The molecule has 0 spiro atoms. The maximum atomic E-state index is 5.08. The van der Waals surface area contributed by atoms with Gasteiger partial charge in [-0.25, -0.2) is 4.58 Å². The van der Waals surface area contributed by atoms with Crippen LogP contribution in [0.3, 0.4) is 0 Å². The van der Waals surface area contributed by atoms with Gasteiger partial charge in [0.2, 0.25) is 0 Å². The summed E-state index contributed by atoms with van der Waals surface area (Å²) < 4.78 is 1.81. The number of rotatable bonds is 2. The molecule has 0 radical (unpaired) electrons. The molecule has 0 aliphatic carbocycles. The van der Waals surface area contributed by atoms with Crippen molar-refractivity contribution in [2.24, 2.45) is 5.73 Å². The third-order valence-electron chi connectivity index (χ3n) is 0.662. The van der Waals surface area contributed by atoms with Gasteiger partial charge in [0.05, 0.1) is 6.20 Å². The molecule has 0 aromatic heterocycles. The summed E-state index contributed by atoms with van der Waals surface area (Å²) in [7, 11) is 1.88. The van der Waals surface area contributed by atoms with Crippen LogP contribution in [0.4, 0.5) is 0 Å². The van der Waals surface area contributed by atoms with E-state index in [-0.39, 0.29) is 0 Å². The van der Waals surface area contributed by atoms with Crippen LogP contribution in [0.5, 0.6) is 0 Å². The molecule has 0 aliphatic rings. The second-order valence-electron chi connectivity index (χ2n) is 1.39. The summed E-state index contributed by atoms with van der Waals surface area (Å²) in [5.41, 5.74) is 5.08. The summed E-state index contributed by atoms with van der Waals surface area (Å²) in [6.45, 7) is 3.51. The molecule has 0 amide bonds. The highest BCUT2D eigenvalue weighted by molar-refractivity contribution is 5.65. The molecule has 8 heavy (non-hydrogen) atoms. The summed E-state index contributed by atoms with van der Waals surface area (Å²) in [5, 5.41) is 0. The first-order valence-corrected chi connectivity index (χ1v) is 2.37. The highest BCUT2D eigenvalue weighted by Crippen LogP contribution is 1.65. The molecular formula is C6H11N2+. The van der Waals surface area contributed by atoms with Crippen molar-refractivity contribution in [1.29, 1.82) is 0 Å². The molecule has 0 aliphatic heterocycles. The minimum absolute atomic E-state index is 1.47. The first kappa shape index (κ1) is 6.95. The maximum Gasteiger partial charge on any atom is 0.184 e. The van der Waals surface area contributed by atoms with Gasteiger partial charge in [0.15, 0.2) is 12.4 Å². The van der Waals surface area contributed by atoms with E-state index >= 15 is 0 Å². The molecule has 0 atom stereocenters. The summed E-state index contributed by atoms with van der Waals surface area (Å²) in [6, 6.07) is 0. The first-order chi connectivity index (χ1) is 3.81. The molecule has 0 saturated heterocycles. The highest BCUT2D eigenvalue weighted by Gasteiger charge is 1.78. The van der Waals surface area contributed by atoms with Crippen molar-refractivity contribution in [1.82, 2.24) is 0 Å². The summed E-state index contributed by atoms with van der Waals surface area (Å²) in [5.74, 6) is 0. The fourth-order valence-electron chi connectivity index (χ4n) is 0.352. The molecule has 0 saturated carbocycles. The quantitative estimate of drug-likeness (QED) is 0.403. The Morgan fingerprint density at radius 1 is 1.62 bits per heavy atom. The Hall–Kier alpha value is -1.05. The molecule has 0 aromatic rings. The fourth-order valence-corrected chi connectivity index (χ4v) is 0.352. The van der Waals surface area contributed by atoms with E-state index in [9.17, 15) is 0 Å². The minimum atomic E-state index is 1.47. The molecule has 0 unspecified atom stereocenters. The van der Waals surface area contributed by atoms with Crippen LogP contribution in [0, 0.1) is 0 Å². The Morgan fingerprint density at radius 2 is 2.25 bits per heavy atom. The fraction of sp³-hybridized carbons (Fsp3) is 0.167. The predicted octanol–water partition coefficient (Wildman–Crippen LogP) is 0.315. The van der Waals surface area contributed by atoms with E-state index in [4.69, 9.17) is 5.73 Å². The van der Waals surface area contributed by atoms with E-state index in [0.29, 0.717) is 0 Å². The standard InChI is InChI=1S/C6H11N2/c1-3-5-8(2)6-4-7/h3-6H,1,7H2,2H3/q+1/b6-4-,8-5?. The molecule has 44 valence electrons. The largest absolute Gasteiger partial charge is 0.400 e. The topological polar surface area (TPSA) is 29.0 Å². The summed E-state index contributed by atoms with van der Waals surface area (Å²) in [6.07, 6.45) is 6.71. The second kappa shape index (κ2) is 4.12. The summed E-state index contributed by atoms with van der Waals surface area (Å²) >= 11 is 0. The van der Waals surface area contributed by atoms with Gasteiger partial charge in [0.1, 0.15) is 7.05 Å². The van der Waals surface area contributed by atoms with Gasteiger partial charge in [-0.1, -0.05) is 6.58 Å². The van der Waals surface area contributed by atoms with Crippen molar-refractivity contribution in [2.45, 2.75) is 0 Å². The Morgan fingerprint density at radius 3 is 2.62 bits per heavy atom. The third-order valence-corrected chi connectivity index (χ3v) is 0.662. The van der Waals surface area contributed by atoms with Crippen LogP contribution in [0.1, 0.15) is 0 Å². The smallest absolute Gasteiger partial charge is 0.184 e. The van der Waals surface area contributed by atoms with Crippen LogP contribution >= 0.6 is 0 Å². The van der Waals surface area contributed by atoms with Crippen LogP contribution in [0.25, 0.3) is 0 Å². The van der Waals surface area contributed by atoms with Gasteiger partial charge in [-0.2, -0.15) is 0 Å². The van der Waals surface area contributed by atoms with Crippen molar-refractivity contribution >= 4 is 6.21 Å². The molecule has 0 fully saturated rings. The van der Waals surface area contributed by atoms with Crippen molar-refractivity contribution < 1.29 is 4.58 Å². The van der Waals surface area contributed by atoms with E-state index in [1.165, 1.54) is 6.20 Å². The minimum Gasteiger partial charge on any atom is -0.400 e. The second-order valence-corrected chi connectivity index (χ2v) is 1.39. The Balaban J connectivity index is 3.79. The van der Waals surface area contributed by atoms with Crippen molar-refractivity contribution in [3.05, 3.63) is 25.1 Å². The molecule has 0 heterocycles. The number of hydrogen-bond donors (Lipinski definition) is 1. The highest BCUT2D eigenvalue weighted by atomic mass is 14.9. The van der Waals surface area contributed by atoms with Crippen LogP contribution in [0.2, 0.25) is 0 Å². The van der Waals surface area contributed by atoms with E-state index in [1.807, 2.05) is 17.8 Å². The lowest BCUT2D eigenvalue weighted by atomic mass is 10.7. The lowest BCUT2D eigenvalue weighted by Crippen LogP contribution is -1.96. The van der Waals surface area contributed by atoms with Crippen molar-refractivity contribution in [3.63, 3.8) is 0 Å². The van der Waals surface area contributed by atoms with Gasteiger partial charge >= 0.3 is 0 Å². The lowest BCUT2D eigenvalue weighted by Gasteiger charge is -1.78. The SMILES string of the molecule is C=CC=[N+](C)/C=C\N. The zero-order valence-electron chi connectivity index (χ0n) is 5.04. The predicted molar refractivity (Wildman–Crippen MR) is 35.8 cm³/mol. The van der Waals surface area contributed by atoms with Crippen LogP contribution in [-0.2, 0) is 0 Å². The zero-order valence-corrected chi connectivity index (χ0v) is 5.04. The molecule has 0 aromatic carbocycles. The van der Waals surface area contributed by atoms with Crippen LogP contribution in [0.15, 0.2) is 25.1 Å². The Labute approximate surface area is 49.6 Å². The van der Waals surface area contributed by atoms with Crippen molar-refractivity contribution in [2.75, 3.05) is 7.05 Å². The van der Waals surface area contributed by atoms with E-state index in [2.05, 4.69) is 6.58 Å². The number of allylic oxidation sites excluding steroid dienone is 1.